The van der Waals surface area contributed by atoms with E-state index in [9.17, 15) is 9.59 Å². The predicted molar refractivity (Wildman–Crippen MR) is 131 cm³/mol. The standard InChI is InChI=1S/C25H29Cl3N2O2/c1-17(25(32)29-21-8-3-2-4-9-21)30(16-19-11-13-20(26)15-23(19)28)24(31)14-12-18-7-5-6-10-22(18)27/h5-7,10-11,13,15,17,21H,2-4,8-9,12,14,16H2,1H3,(H,29,32). The van der Waals surface area contributed by atoms with Gasteiger partial charge in [-0.15, -0.1) is 0 Å². The molecule has 1 atom stereocenters. The van der Waals surface area contributed by atoms with Gasteiger partial charge in [0.05, 0.1) is 0 Å². The molecule has 1 aliphatic rings. The molecule has 0 radical (unpaired) electrons. The van der Waals surface area contributed by atoms with Crippen LogP contribution in [0, 0.1) is 0 Å². The lowest BCUT2D eigenvalue weighted by Crippen LogP contribution is -2.50. The molecule has 1 unspecified atom stereocenters. The normalized spacial score (nSPS) is 15.2. The van der Waals surface area contributed by atoms with Gasteiger partial charge < -0.3 is 10.2 Å². The molecule has 1 aliphatic carbocycles. The first-order valence-corrected chi connectivity index (χ1v) is 12.3. The van der Waals surface area contributed by atoms with Gasteiger partial charge in [0.25, 0.3) is 0 Å². The number of benzene rings is 2. The first kappa shape index (κ1) is 24.9. The average molecular weight is 496 g/mol. The van der Waals surface area contributed by atoms with Gasteiger partial charge in [-0.2, -0.15) is 0 Å². The summed E-state index contributed by atoms with van der Waals surface area (Å²) in [7, 11) is 0. The summed E-state index contributed by atoms with van der Waals surface area (Å²) in [6.45, 7) is 2.01. The highest BCUT2D eigenvalue weighted by molar-refractivity contribution is 6.35. The molecule has 32 heavy (non-hydrogen) atoms. The SMILES string of the molecule is CC(C(=O)NC1CCCCC1)N(Cc1ccc(Cl)cc1Cl)C(=O)CCc1ccccc1Cl. The van der Waals surface area contributed by atoms with Crippen LogP contribution < -0.4 is 5.32 Å². The number of carbonyl (C=O) groups is 2. The average Bonchev–Trinajstić information content (AvgIpc) is 2.78. The van der Waals surface area contributed by atoms with Crippen LogP contribution in [0.1, 0.15) is 56.6 Å². The Labute approximate surface area is 205 Å². The first-order chi connectivity index (χ1) is 15.3. The molecule has 4 nitrogen and oxygen atoms in total. The number of carbonyl (C=O) groups excluding carboxylic acids is 2. The molecule has 7 heteroatoms. The second kappa shape index (κ2) is 11.9. The summed E-state index contributed by atoms with van der Waals surface area (Å²) in [4.78, 5) is 27.9. The largest absolute Gasteiger partial charge is 0.352 e. The topological polar surface area (TPSA) is 49.4 Å². The van der Waals surface area contributed by atoms with E-state index in [-0.39, 0.29) is 30.8 Å². The molecule has 0 saturated heterocycles. The van der Waals surface area contributed by atoms with Crippen molar-refractivity contribution in [2.24, 2.45) is 0 Å². The number of amides is 2. The molecular formula is C25H29Cl3N2O2. The van der Waals surface area contributed by atoms with Crippen molar-refractivity contribution in [1.82, 2.24) is 10.2 Å². The lowest BCUT2D eigenvalue weighted by atomic mass is 9.95. The molecule has 2 aromatic carbocycles. The minimum atomic E-state index is -0.623. The quantitative estimate of drug-likeness (QED) is 0.458. The van der Waals surface area contributed by atoms with Crippen LogP contribution in [0.5, 0.6) is 0 Å². The fraction of sp³-hybridized carbons (Fsp3) is 0.440. The van der Waals surface area contributed by atoms with E-state index in [4.69, 9.17) is 34.8 Å². The Balaban J connectivity index is 1.75. The molecule has 2 amide bonds. The van der Waals surface area contributed by atoms with Crippen molar-refractivity contribution in [2.75, 3.05) is 0 Å². The molecule has 1 fully saturated rings. The van der Waals surface area contributed by atoms with Crippen molar-refractivity contribution in [1.29, 1.82) is 0 Å². The van der Waals surface area contributed by atoms with E-state index in [0.29, 0.717) is 21.5 Å². The summed E-state index contributed by atoms with van der Waals surface area (Å²) in [5.74, 6) is -0.254. The number of hydrogen-bond donors (Lipinski definition) is 1. The van der Waals surface area contributed by atoms with E-state index in [1.54, 1.807) is 30.0 Å². The van der Waals surface area contributed by atoms with Crippen LogP contribution in [0.3, 0.4) is 0 Å². The number of hydrogen-bond acceptors (Lipinski definition) is 2. The number of rotatable bonds is 8. The highest BCUT2D eigenvalue weighted by Crippen LogP contribution is 2.25. The summed E-state index contributed by atoms with van der Waals surface area (Å²) in [5, 5.41) is 4.77. The van der Waals surface area contributed by atoms with Crippen molar-refractivity contribution in [3.8, 4) is 0 Å². The third-order valence-electron chi connectivity index (χ3n) is 6.04. The monoisotopic (exact) mass is 494 g/mol. The fourth-order valence-corrected chi connectivity index (χ4v) is 4.77. The zero-order valence-corrected chi connectivity index (χ0v) is 20.5. The summed E-state index contributed by atoms with van der Waals surface area (Å²) in [5.41, 5.74) is 1.66. The molecule has 2 aromatic rings. The number of nitrogens with zero attached hydrogens (tertiary/aromatic N) is 1. The third kappa shape index (κ3) is 6.87. The van der Waals surface area contributed by atoms with Crippen molar-refractivity contribution >= 4 is 46.6 Å². The van der Waals surface area contributed by atoms with Crippen molar-refractivity contribution < 1.29 is 9.59 Å². The van der Waals surface area contributed by atoms with Crippen LogP contribution in [-0.4, -0.2) is 28.8 Å². The van der Waals surface area contributed by atoms with E-state index in [1.807, 2.05) is 24.3 Å². The smallest absolute Gasteiger partial charge is 0.242 e. The van der Waals surface area contributed by atoms with Gasteiger partial charge in [-0.1, -0.05) is 78.3 Å². The van der Waals surface area contributed by atoms with Crippen molar-refractivity contribution in [3.63, 3.8) is 0 Å². The van der Waals surface area contributed by atoms with Crippen LogP contribution in [-0.2, 0) is 22.6 Å². The first-order valence-electron chi connectivity index (χ1n) is 11.1. The number of halogens is 3. The van der Waals surface area contributed by atoms with Crippen molar-refractivity contribution in [3.05, 3.63) is 68.7 Å². The Kier molecular flexibility index (Phi) is 9.27. The van der Waals surface area contributed by atoms with E-state index in [1.165, 1.54) is 6.42 Å². The van der Waals surface area contributed by atoms with Crippen LogP contribution >= 0.6 is 34.8 Å². The van der Waals surface area contributed by atoms with Gasteiger partial charge in [0, 0.05) is 34.1 Å². The predicted octanol–water partition coefficient (Wildman–Crippen LogP) is 6.45. The van der Waals surface area contributed by atoms with Crippen LogP contribution in [0.25, 0.3) is 0 Å². The molecule has 172 valence electrons. The van der Waals surface area contributed by atoms with Crippen LogP contribution in [0.4, 0.5) is 0 Å². The Morgan fingerprint density at radius 2 is 1.72 bits per heavy atom. The molecule has 1 saturated carbocycles. The minimum absolute atomic E-state index is 0.123. The van der Waals surface area contributed by atoms with Crippen LogP contribution in [0.2, 0.25) is 15.1 Å². The maximum absolute atomic E-state index is 13.3. The van der Waals surface area contributed by atoms with Gasteiger partial charge in [-0.05, 0) is 55.5 Å². The summed E-state index contributed by atoms with van der Waals surface area (Å²) >= 11 is 18.7. The van der Waals surface area contributed by atoms with Gasteiger partial charge in [-0.25, -0.2) is 0 Å². The Hall–Kier alpha value is -1.75. The maximum atomic E-state index is 13.3. The third-order valence-corrected chi connectivity index (χ3v) is 7.00. The Bertz CT molecular complexity index is 945. The molecule has 0 bridgehead atoms. The zero-order valence-electron chi connectivity index (χ0n) is 18.3. The maximum Gasteiger partial charge on any atom is 0.242 e. The summed E-state index contributed by atoms with van der Waals surface area (Å²) in [6, 6.07) is 12.2. The molecule has 0 aliphatic heterocycles. The number of nitrogens with one attached hydrogen (secondary N) is 1. The highest BCUT2D eigenvalue weighted by atomic mass is 35.5. The number of aryl methyl sites for hydroxylation is 1. The lowest BCUT2D eigenvalue weighted by molar-refractivity contribution is -0.141. The fourth-order valence-electron chi connectivity index (χ4n) is 4.07. The molecule has 0 heterocycles. The minimum Gasteiger partial charge on any atom is -0.352 e. The molecular weight excluding hydrogens is 467 g/mol. The van der Waals surface area contributed by atoms with Gasteiger partial charge in [0.15, 0.2) is 0 Å². The van der Waals surface area contributed by atoms with E-state index >= 15 is 0 Å². The van der Waals surface area contributed by atoms with Crippen molar-refractivity contribution in [2.45, 2.75) is 70.5 Å². The van der Waals surface area contributed by atoms with E-state index < -0.39 is 6.04 Å². The molecule has 3 rings (SSSR count). The zero-order chi connectivity index (χ0) is 23.1. The Morgan fingerprint density at radius 3 is 2.41 bits per heavy atom. The molecule has 0 aromatic heterocycles. The van der Waals surface area contributed by atoms with Gasteiger partial charge in [-0.3, -0.25) is 9.59 Å². The Morgan fingerprint density at radius 1 is 1.00 bits per heavy atom. The highest BCUT2D eigenvalue weighted by Gasteiger charge is 2.28. The van der Waals surface area contributed by atoms with Gasteiger partial charge in [0.1, 0.15) is 6.04 Å². The van der Waals surface area contributed by atoms with Gasteiger partial charge in [0.2, 0.25) is 11.8 Å². The second-order valence-corrected chi connectivity index (χ2v) is 9.62. The lowest BCUT2D eigenvalue weighted by Gasteiger charge is -2.31. The van der Waals surface area contributed by atoms with Crippen LogP contribution in [0.15, 0.2) is 42.5 Å². The summed E-state index contributed by atoms with van der Waals surface area (Å²) < 4.78 is 0. The van der Waals surface area contributed by atoms with E-state index in [2.05, 4.69) is 5.32 Å². The second-order valence-electron chi connectivity index (χ2n) is 8.37. The molecule has 0 spiro atoms. The van der Waals surface area contributed by atoms with Gasteiger partial charge >= 0.3 is 0 Å². The molecule has 1 N–H and O–H groups in total. The summed E-state index contributed by atoms with van der Waals surface area (Å²) in [6.07, 6.45) is 6.18. The van der Waals surface area contributed by atoms with E-state index in [0.717, 1.165) is 36.8 Å².